The van der Waals surface area contributed by atoms with E-state index in [1.54, 1.807) is 31.0 Å². The molecule has 0 aromatic carbocycles. The summed E-state index contributed by atoms with van der Waals surface area (Å²) in [6, 6.07) is 2.14. The van der Waals surface area contributed by atoms with Crippen LogP contribution in [0.15, 0.2) is 55.9 Å². The van der Waals surface area contributed by atoms with E-state index in [0.717, 1.165) is 52.6 Å². The van der Waals surface area contributed by atoms with Crippen molar-refractivity contribution < 1.29 is 0 Å². The van der Waals surface area contributed by atoms with E-state index in [0.29, 0.717) is 22.9 Å². The monoisotopic (exact) mass is 479 g/mol. The second kappa shape index (κ2) is 8.54. The minimum absolute atomic E-state index is 0.180. The lowest BCUT2D eigenvalue weighted by atomic mass is 10.1. The molecule has 36 heavy (non-hydrogen) atoms. The van der Waals surface area contributed by atoms with Crippen LogP contribution in [0.2, 0.25) is 0 Å². The quantitative estimate of drug-likeness (QED) is 0.316. The molecule has 6 heterocycles. The van der Waals surface area contributed by atoms with Gasteiger partial charge in [0.1, 0.15) is 22.9 Å². The van der Waals surface area contributed by atoms with Gasteiger partial charge in [0.2, 0.25) is 0 Å². The van der Waals surface area contributed by atoms with E-state index >= 15 is 0 Å². The van der Waals surface area contributed by atoms with Gasteiger partial charge in [0.15, 0.2) is 5.82 Å². The van der Waals surface area contributed by atoms with E-state index in [1.165, 1.54) is 0 Å². The van der Waals surface area contributed by atoms with Gasteiger partial charge in [-0.1, -0.05) is 12.7 Å². The molecular formula is C25H25N11. The Morgan fingerprint density at radius 2 is 2.00 bits per heavy atom. The molecule has 5 aromatic rings. The Hall–Kier alpha value is -4.64. The van der Waals surface area contributed by atoms with Gasteiger partial charge in [0.25, 0.3) is 0 Å². The van der Waals surface area contributed by atoms with E-state index in [-0.39, 0.29) is 6.04 Å². The maximum atomic E-state index is 5.93. The predicted octanol–water partition coefficient (Wildman–Crippen LogP) is 2.84. The number of allylic oxidation sites excluding steroid dienone is 2. The topological polar surface area (TPSA) is 143 Å². The second-order valence-electron chi connectivity index (χ2n) is 8.88. The number of hydrogen-bond acceptors (Lipinski definition) is 8. The molecule has 5 aromatic heterocycles. The zero-order valence-electron chi connectivity index (χ0n) is 20.0. The highest BCUT2D eigenvalue weighted by atomic mass is 15.3. The first-order valence-electron chi connectivity index (χ1n) is 11.6. The molecule has 0 unspecified atom stereocenters. The Labute approximate surface area is 206 Å². The third kappa shape index (κ3) is 3.75. The molecule has 0 amide bonds. The summed E-state index contributed by atoms with van der Waals surface area (Å²) in [5.41, 5.74) is 12.3. The van der Waals surface area contributed by atoms with Crippen molar-refractivity contribution in [2.45, 2.75) is 19.9 Å². The Morgan fingerprint density at radius 3 is 2.75 bits per heavy atom. The first-order valence-corrected chi connectivity index (χ1v) is 11.6. The summed E-state index contributed by atoms with van der Waals surface area (Å²) in [4.78, 5) is 28.5. The van der Waals surface area contributed by atoms with Crippen molar-refractivity contribution in [1.29, 1.82) is 0 Å². The van der Waals surface area contributed by atoms with Crippen LogP contribution >= 0.6 is 0 Å². The number of fused-ring (bicyclic) bond motifs is 1. The maximum Gasteiger partial charge on any atom is 0.159 e. The van der Waals surface area contributed by atoms with Crippen molar-refractivity contribution >= 4 is 22.4 Å². The molecule has 0 aliphatic carbocycles. The molecule has 0 atom stereocenters. The van der Waals surface area contributed by atoms with Gasteiger partial charge in [-0.15, -0.1) is 0 Å². The van der Waals surface area contributed by atoms with Gasteiger partial charge in [0, 0.05) is 36.4 Å². The summed E-state index contributed by atoms with van der Waals surface area (Å²) in [6.45, 7) is 9.34. The number of nitrogens with two attached hydrogens (primary N) is 1. The molecule has 11 heteroatoms. The zero-order valence-corrected chi connectivity index (χ0v) is 20.0. The van der Waals surface area contributed by atoms with Crippen molar-refractivity contribution in [3.05, 3.63) is 73.0 Å². The third-order valence-electron chi connectivity index (χ3n) is 6.18. The molecule has 6 rings (SSSR count). The lowest BCUT2D eigenvalue weighted by Gasteiger charge is -2.37. The maximum absolute atomic E-state index is 5.93. The fourth-order valence-electron chi connectivity index (χ4n) is 4.34. The van der Waals surface area contributed by atoms with E-state index in [2.05, 4.69) is 41.6 Å². The summed E-state index contributed by atoms with van der Waals surface area (Å²) < 4.78 is 1.94. The Balaban J connectivity index is 1.39. The molecule has 0 spiro atoms. The summed E-state index contributed by atoms with van der Waals surface area (Å²) in [6.07, 6.45) is 12.6. The average Bonchev–Trinajstić information content (AvgIpc) is 3.58. The van der Waals surface area contributed by atoms with Crippen LogP contribution in [0.25, 0.3) is 39.5 Å². The van der Waals surface area contributed by atoms with Crippen LogP contribution in [-0.4, -0.2) is 63.8 Å². The number of aromatic nitrogens is 9. The van der Waals surface area contributed by atoms with E-state index in [4.69, 9.17) is 15.7 Å². The third-order valence-corrected chi connectivity index (χ3v) is 6.18. The number of imidazole rings is 2. The Bertz CT molecular complexity index is 1610. The van der Waals surface area contributed by atoms with Crippen molar-refractivity contribution in [3.8, 4) is 22.9 Å². The lowest BCUT2D eigenvalue weighted by Crippen LogP contribution is -2.56. The number of anilines is 1. The molecular weight excluding hydrogens is 454 g/mol. The molecule has 0 saturated carbocycles. The molecule has 4 N–H and O–H groups in total. The highest BCUT2D eigenvalue weighted by Gasteiger charge is 2.25. The number of nitrogens with one attached hydrogen (secondary N) is 2. The first-order chi connectivity index (χ1) is 17.5. The van der Waals surface area contributed by atoms with Crippen molar-refractivity contribution in [3.63, 3.8) is 0 Å². The SMILES string of the molecule is C=C/C=C(\c1nc(-c2n[nH]c3cnc(-c4cncc(N5CC(N)C5)n4)cc23)[nH]c1C)n1cnc(C)c1. The van der Waals surface area contributed by atoms with Crippen LogP contribution in [0.5, 0.6) is 0 Å². The number of aromatic amines is 2. The summed E-state index contributed by atoms with van der Waals surface area (Å²) >= 11 is 0. The highest BCUT2D eigenvalue weighted by Crippen LogP contribution is 2.30. The molecule has 1 aliphatic rings. The van der Waals surface area contributed by atoms with Gasteiger partial charge >= 0.3 is 0 Å². The highest BCUT2D eigenvalue weighted by molar-refractivity contribution is 5.93. The minimum Gasteiger partial charge on any atom is -0.352 e. The van der Waals surface area contributed by atoms with Crippen molar-refractivity contribution in [1.82, 2.24) is 44.7 Å². The molecule has 1 fully saturated rings. The number of pyridine rings is 1. The zero-order chi connectivity index (χ0) is 24.8. The molecule has 0 radical (unpaired) electrons. The van der Waals surface area contributed by atoms with Crippen LogP contribution in [0, 0.1) is 13.8 Å². The number of aryl methyl sites for hydroxylation is 2. The molecule has 1 aliphatic heterocycles. The van der Waals surface area contributed by atoms with Gasteiger partial charge in [-0.3, -0.25) is 15.1 Å². The summed E-state index contributed by atoms with van der Waals surface area (Å²) in [7, 11) is 0. The van der Waals surface area contributed by atoms with Crippen LogP contribution in [-0.2, 0) is 0 Å². The molecule has 0 bridgehead atoms. The average molecular weight is 480 g/mol. The van der Waals surface area contributed by atoms with Gasteiger partial charge in [-0.2, -0.15) is 5.10 Å². The van der Waals surface area contributed by atoms with Gasteiger partial charge in [-0.25, -0.2) is 15.0 Å². The van der Waals surface area contributed by atoms with Crippen LogP contribution in [0.1, 0.15) is 17.1 Å². The normalized spacial score (nSPS) is 14.4. The smallest absolute Gasteiger partial charge is 0.159 e. The first kappa shape index (κ1) is 21.9. The fraction of sp³-hybridized carbons (Fsp3) is 0.200. The van der Waals surface area contributed by atoms with Crippen molar-refractivity contribution in [2.24, 2.45) is 5.73 Å². The fourth-order valence-corrected chi connectivity index (χ4v) is 4.34. The Morgan fingerprint density at radius 1 is 1.14 bits per heavy atom. The lowest BCUT2D eigenvalue weighted by molar-refractivity contribution is 0.514. The van der Waals surface area contributed by atoms with Crippen molar-refractivity contribution in [2.75, 3.05) is 18.0 Å². The molecule has 180 valence electrons. The predicted molar refractivity (Wildman–Crippen MR) is 138 cm³/mol. The number of hydrogen-bond donors (Lipinski definition) is 3. The van der Waals surface area contributed by atoms with Crippen LogP contribution in [0.3, 0.4) is 0 Å². The number of rotatable bonds is 6. The Kier molecular flexibility index (Phi) is 5.19. The minimum atomic E-state index is 0.180. The van der Waals surface area contributed by atoms with E-state index in [9.17, 15) is 0 Å². The second-order valence-corrected chi connectivity index (χ2v) is 8.88. The number of nitrogens with zero attached hydrogens (tertiary/aromatic N) is 8. The summed E-state index contributed by atoms with van der Waals surface area (Å²) in [5, 5.41) is 8.48. The van der Waals surface area contributed by atoms with Gasteiger partial charge in [-0.05, 0) is 26.0 Å². The van der Waals surface area contributed by atoms with Gasteiger partial charge < -0.3 is 20.2 Å². The van der Waals surface area contributed by atoms with E-state index < -0.39 is 0 Å². The largest absolute Gasteiger partial charge is 0.352 e. The van der Waals surface area contributed by atoms with Crippen LogP contribution in [0.4, 0.5) is 5.82 Å². The van der Waals surface area contributed by atoms with Crippen LogP contribution < -0.4 is 10.6 Å². The summed E-state index contributed by atoms with van der Waals surface area (Å²) in [5.74, 6) is 1.44. The van der Waals surface area contributed by atoms with Gasteiger partial charge in [0.05, 0.1) is 47.5 Å². The van der Waals surface area contributed by atoms with E-state index in [1.807, 2.05) is 36.8 Å². The number of H-pyrrole nitrogens is 2. The standard InChI is InChI=1S/C25H25N11/c1-4-5-21(36-10-14(2)29-13-36)23-15(3)30-25(32-23)24-17-6-18(28-8-19(17)33-34-24)20-7-27-9-22(31-20)35-11-16(26)12-35/h4-10,13,16H,1,11-12,26H2,2-3H3,(H,30,32)(H,33,34)/b21-5+. The molecule has 11 nitrogen and oxygen atoms in total. The molecule has 1 saturated heterocycles.